The summed E-state index contributed by atoms with van der Waals surface area (Å²) >= 11 is 0. The van der Waals surface area contributed by atoms with Gasteiger partial charge in [-0.15, -0.1) is 0 Å². The number of aromatic nitrogens is 1. The zero-order chi connectivity index (χ0) is 23.2. The molecule has 10 heteroatoms. The van der Waals surface area contributed by atoms with Gasteiger partial charge in [-0.1, -0.05) is 6.07 Å². The van der Waals surface area contributed by atoms with Gasteiger partial charge in [-0.25, -0.2) is 21.6 Å². The van der Waals surface area contributed by atoms with Gasteiger partial charge in [0.15, 0.2) is 9.84 Å². The molecule has 0 radical (unpaired) electrons. The number of pyridine rings is 1. The molecule has 0 bridgehead atoms. The molecule has 3 rings (SSSR count). The van der Waals surface area contributed by atoms with Gasteiger partial charge < -0.3 is 9.47 Å². The quantitative estimate of drug-likeness (QED) is 0.479. The molecule has 1 heterocycles. The maximum atomic E-state index is 13.4. The summed E-state index contributed by atoms with van der Waals surface area (Å²) in [6.07, 6.45) is 2.93. The first kappa shape index (κ1) is 23.7. The molecule has 1 atom stereocenters. The summed E-state index contributed by atoms with van der Waals surface area (Å²) in [6, 6.07) is 15.0. The fourth-order valence-corrected chi connectivity index (χ4v) is 5.85. The Morgan fingerprint density at radius 1 is 0.906 bits per heavy atom. The predicted molar refractivity (Wildman–Crippen MR) is 120 cm³/mol. The van der Waals surface area contributed by atoms with E-state index in [1.54, 1.807) is 24.3 Å². The minimum Gasteiger partial charge on any atom is -0.497 e. The topological polar surface area (TPSA) is 112 Å². The first-order valence-corrected chi connectivity index (χ1v) is 12.8. The predicted octanol–water partition coefficient (Wildman–Crippen LogP) is 2.98. The second kappa shape index (κ2) is 10.1. The second-order valence-electron chi connectivity index (χ2n) is 6.75. The number of hydrogen-bond donors (Lipinski definition) is 1. The number of nitrogens with zero attached hydrogens (tertiary/aromatic N) is 1. The highest BCUT2D eigenvalue weighted by atomic mass is 32.2. The Bertz CT molecular complexity index is 1230. The van der Waals surface area contributed by atoms with Crippen LogP contribution >= 0.6 is 0 Å². The molecule has 0 aliphatic carbocycles. The molecule has 1 N–H and O–H groups in total. The number of benzene rings is 2. The van der Waals surface area contributed by atoms with Crippen molar-refractivity contribution in [1.29, 1.82) is 0 Å². The van der Waals surface area contributed by atoms with Gasteiger partial charge in [-0.05, 0) is 67.1 Å². The molecule has 1 aromatic heterocycles. The molecule has 0 saturated heterocycles. The Morgan fingerprint density at radius 3 is 2.09 bits per heavy atom. The van der Waals surface area contributed by atoms with Crippen LogP contribution in [0.25, 0.3) is 0 Å². The summed E-state index contributed by atoms with van der Waals surface area (Å²) in [6.45, 7) is 1.92. The number of sulfonamides is 1. The van der Waals surface area contributed by atoms with E-state index in [1.165, 1.54) is 55.9 Å². The number of nitrogens with one attached hydrogen (secondary N) is 1. The summed E-state index contributed by atoms with van der Waals surface area (Å²) in [5.74, 6) is 1.06. The van der Waals surface area contributed by atoms with Crippen LogP contribution in [0.5, 0.6) is 11.5 Å². The van der Waals surface area contributed by atoms with Crippen molar-refractivity contribution >= 4 is 19.9 Å². The molecule has 0 aliphatic heterocycles. The normalized spacial score (nSPS) is 12.8. The minimum absolute atomic E-state index is 0.00716. The highest BCUT2D eigenvalue weighted by Gasteiger charge is 2.31. The molecule has 1 unspecified atom stereocenters. The van der Waals surface area contributed by atoms with Crippen LogP contribution in [0.2, 0.25) is 0 Å². The SMILES string of the molecule is CCOc1ccc(S(=O)(=O)NCC(c2cccnc2)S(=O)(=O)c2ccc(OC)cc2)cc1. The van der Waals surface area contributed by atoms with Crippen molar-refractivity contribution in [2.24, 2.45) is 0 Å². The van der Waals surface area contributed by atoms with Crippen molar-refractivity contribution < 1.29 is 26.3 Å². The molecule has 170 valence electrons. The fraction of sp³-hybridized carbons (Fsp3) is 0.227. The van der Waals surface area contributed by atoms with Crippen LogP contribution in [0.3, 0.4) is 0 Å². The Kier molecular flexibility index (Phi) is 7.49. The molecule has 0 spiro atoms. The molecule has 0 saturated carbocycles. The molecule has 3 aromatic rings. The highest BCUT2D eigenvalue weighted by molar-refractivity contribution is 7.92. The summed E-state index contributed by atoms with van der Waals surface area (Å²) in [7, 11) is -6.42. The van der Waals surface area contributed by atoms with Gasteiger partial charge in [-0.3, -0.25) is 4.98 Å². The first-order chi connectivity index (χ1) is 15.3. The third kappa shape index (κ3) is 5.45. The average Bonchev–Trinajstić information content (AvgIpc) is 2.80. The van der Waals surface area contributed by atoms with Gasteiger partial charge in [0, 0.05) is 18.9 Å². The lowest BCUT2D eigenvalue weighted by atomic mass is 10.2. The van der Waals surface area contributed by atoms with Crippen molar-refractivity contribution in [2.75, 3.05) is 20.3 Å². The average molecular weight is 477 g/mol. The van der Waals surface area contributed by atoms with Gasteiger partial charge in [0.1, 0.15) is 16.7 Å². The standard InChI is InChI=1S/C22H24N2O6S2/c1-3-30-19-8-12-21(13-9-19)32(27,28)24-16-22(17-5-4-14-23-15-17)31(25,26)20-10-6-18(29-2)7-11-20/h4-15,22,24H,3,16H2,1-2H3. The van der Waals surface area contributed by atoms with Gasteiger partial charge in [0.05, 0.1) is 23.5 Å². The Hall–Kier alpha value is -2.95. The van der Waals surface area contributed by atoms with Crippen LogP contribution in [0, 0.1) is 0 Å². The number of rotatable bonds is 10. The third-order valence-corrected chi connectivity index (χ3v) is 8.28. The van der Waals surface area contributed by atoms with E-state index in [4.69, 9.17) is 9.47 Å². The fourth-order valence-electron chi connectivity index (χ4n) is 3.05. The van der Waals surface area contributed by atoms with Crippen LogP contribution in [-0.2, 0) is 19.9 Å². The van der Waals surface area contributed by atoms with Crippen LogP contribution in [0.4, 0.5) is 0 Å². The third-order valence-electron chi connectivity index (χ3n) is 4.72. The number of ether oxygens (including phenoxy) is 2. The first-order valence-electron chi connectivity index (χ1n) is 9.78. The summed E-state index contributed by atoms with van der Waals surface area (Å²) in [5, 5.41) is -1.18. The van der Waals surface area contributed by atoms with E-state index in [2.05, 4.69) is 9.71 Å². The largest absolute Gasteiger partial charge is 0.497 e. The molecule has 32 heavy (non-hydrogen) atoms. The molecule has 2 aromatic carbocycles. The maximum Gasteiger partial charge on any atom is 0.240 e. The van der Waals surface area contributed by atoms with Crippen LogP contribution < -0.4 is 14.2 Å². The summed E-state index contributed by atoms with van der Waals surface area (Å²) < 4.78 is 65.2. The van der Waals surface area contributed by atoms with Crippen molar-refractivity contribution in [2.45, 2.75) is 22.0 Å². The lowest BCUT2D eigenvalue weighted by Crippen LogP contribution is -2.32. The van der Waals surface area contributed by atoms with E-state index in [0.29, 0.717) is 23.7 Å². The molecule has 0 fully saturated rings. The lowest BCUT2D eigenvalue weighted by Gasteiger charge is -2.19. The minimum atomic E-state index is -3.96. The number of methoxy groups -OCH3 is 1. The molecule has 0 aliphatic rings. The summed E-state index contributed by atoms with van der Waals surface area (Å²) in [4.78, 5) is 4.05. The van der Waals surface area contributed by atoms with Gasteiger partial charge in [-0.2, -0.15) is 0 Å². The zero-order valence-electron chi connectivity index (χ0n) is 17.6. The van der Waals surface area contributed by atoms with E-state index < -0.39 is 25.1 Å². The molecule has 0 amide bonds. The molecular formula is C22H24N2O6S2. The molecule has 8 nitrogen and oxygen atoms in total. The van der Waals surface area contributed by atoms with Crippen LogP contribution in [-0.4, -0.2) is 42.1 Å². The van der Waals surface area contributed by atoms with Gasteiger partial charge in [0.2, 0.25) is 10.0 Å². The van der Waals surface area contributed by atoms with Crippen LogP contribution in [0.15, 0.2) is 82.8 Å². The van der Waals surface area contributed by atoms with Crippen molar-refractivity contribution in [1.82, 2.24) is 9.71 Å². The lowest BCUT2D eigenvalue weighted by molar-refractivity contribution is 0.340. The monoisotopic (exact) mass is 476 g/mol. The zero-order valence-corrected chi connectivity index (χ0v) is 19.3. The van der Waals surface area contributed by atoms with Gasteiger partial charge in [0.25, 0.3) is 0 Å². The van der Waals surface area contributed by atoms with E-state index in [1.807, 2.05) is 6.92 Å². The number of sulfone groups is 1. The Morgan fingerprint density at radius 2 is 1.53 bits per heavy atom. The Balaban J connectivity index is 1.89. The smallest absolute Gasteiger partial charge is 0.240 e. The highest BCUT2D eigenvalue weighted by Crippen LogP contribution is 2.29. The van der Waals surface area contributed by atoms with Crippen molar-refractivity contribution in [3.8, 4) is 11.5 Å². The van der Waals surface area contributed by atoms with E-state index >= 15 is 0 Å². The second-order valence-corrected chi connectivity index (χ2v) is 10.6. The molecular weight excluding hydrogens is 452 g/mol. The van der Waals surface area contributed by atoms with Crippen molar-refractivity contribution in [3.63, 3.8) is 0 Å². The van der Waals surface area contributed by atoms with Crippen molar-refractivity contribution in [3.05, 3.63) is 78.6 Å². The van der Waals surface area contributed by atoms with E-state index in [9.17, 15) is 16.8 Å². The van der Waals surface area contributed by atoms with E-state index in [-0.39, 0.29) is 16.3 Å². The Labute approximate surface area is 188 Å². The van der Waals surface area contributed by atoms with E-state index in [0.717, 1.165) is 0 Å². The number of hydrogen-bond acceptors (Lipinski definition) is 7. The summed E-state index contributed by atoms with van der Waals surface area (Å²) in [5.41, 5.74) is 0.373. The van der Waals surface area contributed by atoms with Gasteiger partial charge >= 0.3 is 0 Å². The maximum absolute atomic E-state index is 13.4. The van der Waals surface area contributed by atoms with Crippen LogP contribution in [0.1, 0.15) is 17.7 Å².